The van der Waals surface area contributed by atoms with Crippen molar-refractivity contribution in [2.24, 2.45) is 28.9 Å². The van der Waals surface area contributed by atoms with Crippen molar-refractivity contribution < 1.29 is 0 Å². The third kappa shape index (κ3) is 1.40. The number of rotatable bonds is 2. The largest absolute Gasteiger partial charge is 0.325 e. The Morgan fingerprint density at radius 3 is 1.75 bits per heavy atom. The van der Waals surface area contributed by atoms with E-state index in [1.807, 2.05) is 0 Å². The van der Waals surface area contributed by atoms with Crippen molar-refractivity contribution in [3.05, 3.63) is 0 Å². The maximum atomic E-state index is 6.52. The van der Waals surface area contributed by atoms with Crippen LogP contribution in [-0.4, -0.2) is 5.54 Å². The zero-order valence-electron chi connectivity index (χ0n) is 10.4. The Morgan fingerprint density at radius 1 is 0.875 bits per heavy atom. The van der Waals surface area contributed by atoms with Crippen molar-refractivity contribution in [3.63, 3.8) is 0 Å². The molecule has 5 saturated carbocycles. The summed E-state index contributed by atoms with van der Waals surface area (Å²) in [4.78, 5) is 0. The second-order valence-corrected chi connectivity index (χ2v) is 7.81. The maximum absolute atomic E-state index is 6.52. The van der Waals surface area contributed by atoms with Crippen molar-refractivity contribution in [2.75, 3.05) is 0 Å². The van der Waals surface area contributed by atoms with Crippen molar-refractivity contribution in [3.8, 4) is 0 Å². The van der Waals surface area contributed by atoms with E-state index in [4.69, 9.17) is 5.73 Å². The van der Waals surface area contributed by atoms with Gasteiger partial charge >= 0.3 is 0 Å². The van der Waals surface area contributed by atoms with Gasteiger partial charge in [-0.25, -0.2) is 0 Å². The molecule has 0 heterocycles. The molecule has 0 aromatic carbocycles. The van der Waals surface area contributed by atoms with Crippen LogP contribution < -0.4 is 5.73 Å². The third-order valence-corrected chi connectivity index (χ3v) is 6.24. The van der Waals surface area contributed by atoms with E-state index in [-0.39, 0.29) is 5.54 Å². The monoisotopic (exact) mass is 219 g/mol. The summed E-state index contributed by atoms with van der Waals surface area (Å²) in [5.41, 5.74) is 7.51. The summed E-state index contributed by atoms with van der Waals surface area (Å²) >= 11 is 0. The van der Waals surface area contributed by atoms with Crippen LogP contribution in [0.1, 0.15) is 64.2 Å². The highest BCUT2D eigenvalue weighted by molar-refractivity contribution is 5.06. The fourth-order valence-corrected chi connectivity index (χ4v) is 6.06. The fraction of sp³-hybridized carbons (Fsp3) is 1.00. The van der Waals surface area contributed by atoms with Gasteiger partial charge in [-0.3, -0.25) is 0 Å². The Morgan fingerprint density at radius 2 is 1.38 bits per heavy atom. The lowest BCUT2D eigenvalue weighted by Crippen LogP contribution is -2.55. The van der Waals surface area contributed by atoms with E-state index in [0.29, 0.717) is 5.41 Å². The first-order chi connectivity index (χ1) is 7.65. The SMILES string of the molecule is NC1(CC23CC4CC(CC(C4)C2)C3)CCC1. The van der Waals surface area contributed by atoms with Gasteiger partial charge in [-0.2, -0.15) is 0 Å². The average molecular weight is 219 g/mol. The van der Waals surface area contributed by atoms with E-state index < -0.39 is 0 Å². The highest BCUT2D eigenvalue weighted by Gasteiger charge is 2.53. The predicted octanol–water partition coefficient (Wildman–Crippen LogP) is 3.47. The molecule has 2 N–H and O–H groups in total. The van der Waals surface area contributed by atoms with E-state index in [2.05, 4.69) is 0 Å². The second kappa shape index (κ2) is 3.04. The molecule has 5 rings (SSSR count). The van der Waals surface area contributed by atoms with E-state index in [1.54, 1.807) is 38.5 Å². The summed E-state index contributed by atoms with van der Waals surface area (Å²) in [6, 6.07) is 0. The Hall–Kier alpha value is -0.0400. The molecule has 0 unspecified atom stereocenters. The molecule has 4 bridgehead atoms. The Kier molecular flexibility index (Phi) is 1.89. The van der Waals surface area contributed by atoms with Crippen LogP contribution in [0.4, 0.5) is 0 Å². The van der Waals surface area contributed by atoms with Gasteiger partial charge in [0.1, 0.15) is 0 Å². The summed E-state index contributed by atoms with van der Waals surface area (Å²) in [5.74, 6) is 3.28. The molecule has 5 fully saturated rings. The highest BCUT2D eigenvalue weighted by atomic mass is 14.8. The van der Waals surface area contributed by atoms with E-state index in [0.717, 1.165) is 17.8 Å². The summed E-state index contributed by atoms with van der Waals surface area (Å²) < 4.78 is 0. The van der Waals surface area contributed by atoms with Gasteiger partial charge in [-0.15, -0.1) is 0 Å². The molecule has 0 amide bonds. The van der Waals surface area contributed by atoms with Crippen LogP contribution >= 0.6 is 0 Å². The molecule has 16 heavy (non-hydrogen) atoms. The molecule has 1 nitrogen and oxygen atoms in total. The summed E-state index contributed by atoms with van der Waals surface area (Å²) in [5, 5.41) is 0. The van der Waals surface area contributed by atoms with Crippen LogP contribution in [0.5, 0.6) is 0 Å². The molecule has 5 aliphatic carbocycles. The quantitative estimate of drug-likeness (QED) is 0.756. The molecular formula is C15H25N. The highest BCUT2D eigenvalue weighted by Crippen LogP contribution is 2.63. The molecule has 1 heteroatoms. The predicted molar refractivity (Wildman–Crippen MR) is 66.0 cm³/mol. The van der Waals surface area contributed by atoms with E-state index >= 15 is 0 Å². The minimum Gasteiger partial charge on any atom is -0.325 e. The zero-order chi connectivity index (χ0) is 10.8. The minimum absolute atomic E-state index is 0.270. The van der Waals surface area contributed by atoms with Crippen LogP contribution in [0.25, 0.3) is 0 Å². The molecule has 0 aliphatic heterocycles. The molecule has 0 aromatic rings. The Labute approximate surface area is 99.2 Å². The first-order valence-corrected chi connectivity index (χ1v) is 7.44. The van der Waals surface area contributed by atoms with Gasteiger partial charge in [0.15, 0.2) is 0 Å². The van der Waals surface area contributed by atoms with Gasteiger partial charge in [0, 0.05) is 5.54 Å². The molecule has 0 saturated heterocycles. The topological polar surface area (TPSA) is 26.0 Å². The van der Waals surface area contributed by atoms with Gasteiger partial charge in [-0.1, -0.05) is 0 Å². The summed E-state index contributed by atoms with van der Waals surface area (Å²) in [7, 11) is 0. The number of hydrogen-bond acceptors (Lipinski definition) is 1. The molecular weight excluding hydrogens is 194 g/mol. The van der Waals surface area contributed by atoms with Crippen LogP contribution in [0.2, 0.25) is 0 Å². The second-order valence-electron chi connectivity index (χ2n) is 7.81. The van der Waals surface area contributed by atoms with Crippen molar-refractivity contribution in [1.29, 1.82) is 0 Å². The van der Waals surface area contributed by atoms with Crippen LogP contribution in [0.3, 0.4) is 0 Å². The first-order valence-electron chi connectivity index (χ1n) is 7.44. The average Bonchev–Trinajstić information content (AvgIpc) is 2.12. The Bertz CT molecular complexity index is 267. The molecule has 5 aliphatic rings. The van der Waals surface area contributed by atoms with Crippen LogP contribution in [0, 0.1) is 23.2 Å². The summed E-state index contributed by atoms with van der Waals surface area (Å²) in [6.45, 7) is 0. The standard InChI is InChI=1S/C15H25N/c16-15(2-1-3-15)10-14-7-11-4-12(8-14)6-13(5-11)9-14/h11-13H,1-10,16H2. The van der Waals surface area contributed by atoms with Gasteiger partial charge in [0.25, 0.3) is 0 Å². The minimum atomic E-state index is 0.270. The normalized spacial score (nSPS) is 52.7. The van der Waals surface area contributed by atoms with Crippen molar-refractivity contribution >= 4 is 0 Å². The maximum Gasteiger partial charge on any atom is 0.0159 e. The van der Waals surface area contributed by atoms with Crippen LogP contribution in [-0.2, 0) is 0 Å². The number of hydrogen-bond donors (Lipinski definition) is 1. The van der Waals surface area contributed by atoms with E-state index in [1.165, 1.54) is 25.7 Å². The van der Waals surface area contributed by atoms with E-state index in [9.17, 15) is 0 Å². The van der Waals surface area contributed by atoms with Gasteiger partial charge in [0.2, 0.25) is 0 Å². The molecule has 0 spiro atoms. The van der Waals surface area contributed by atoms with Crippen molar-refractivity contribution in [1.82, 2.24) is 0 Å². The molecule has 0 aromatic heterocycles. The lowest BCUT2D eigenvalue weighted by atomic mass is 9.46. The molecule has 90 valence electrons. The lowest BCUT2D eigenvalue weighted by molar-refractivity contribution is -0.0748. The van der Waals surface area contributed by atoms with Gasteiger partial charge in [-0.05, 0) is 87.4 Å². The van der Waals surface area contributed by atoms with Crippen LogP contribution in [0.15, 0.2) is 0 Å². The van der Waals surface area contributed by atoms with Crippen molar-refractivity contribution in [2.45, 2.75) is 69.7 Å². The summed E-state index contributed by atoms with van der Waals surface area (Å²) in [6.07, 6.45) is 14.7. The first kappa shape index (κ1) is 9.94. The number of nitrogens with two attached hydrogens (primary N) is 1. The lowest BCUT2D eigenvalue weighted by Gasteiger charge is -2.59. The van der Waals surface area contributed by atoms with Gasteiger partial charge < -0.3 is 5.73 Å². The fourth-order valence-electron chi connectivity index (χ4n) is 6.06. The molecule has 0 radical (unpaired) electrons. The smallest absolute Gasteiger partial charge is 0.0159 e. The van der Waals surface area contributed by atoms with Gasteiger partial charge in [0.05, 0.1) is 0 Å². The zero-order valence-corrected chi connectivity index (χ0v) is 10.4. The Balaban J connectivity index is 1.57. The molecule has 0 atom stereocenters. The third-order valence-electron chi connectivity index (χ3n) is 6.24.